The van der Waals surface area contributed by atoms with Crippen LogP contribution in [0.5, 0.6) is 0 Å². The Balaban J connectivity index is 2.20. The summed E-state index contributed by atoms with van der Waals surface area (Å²) in [4.78, 5) is 16.5. The SMILES string of the molecule is NC(=S)C(C(=O)Nc1ccc(Br)cn1)c1ccccc1. The average molecular weight is 350 g/mol. The molecule has 1 atom stereocenters. The number of amides is 1. The number of nitrogens with zero attached hydrogens (tertiary/aromatic N) is 1. The van der Waals surface area contributed by atoms with Gasteiger partial charge in [0.25, 0.3) is 0 Å². The van der Waals surface area contributed by atoms with Gasteiger partial charge in [0.1, 0.15) is 11.7 Å². The van der Waals surface area contributed by atoms with Crippen LogP contribution in [-0.2, 0) is 4.79 Å². The lowest BCUT2D eigenvalue weighted by Crippen LogP contribution is -2.31. The number of nitrogens with one attached hydrogen (secondary N) is 1. The number of hydrogen-bond donors (Lipinski definition) is 2. The summed E-state index contributed by atoms with van der Waals surface area (Å²) in [5.74, 6) is -0.509. The molecule has 0 aliphatic carbocycles. The maximum Gasteiger partial charge on any atom is 0.239 e. The molecule has 0 saturated heterocycles. The Morgan fingerprint density at radius 1 is 1.25 bits per heavy atom. The number of halogens is 1. The molecule has 4 nitrogen and oxygen atoms in total. The standard InChI is InChI=1S/C14H12BrN3OS/c15-10-6-7-11(17-8-10)18-14(19)12(13(16)20)9-4-2-1-3-5-9/h1-8,12H,(H2,16,20)(H,17,18,19). The number of carbonyl (C=O) groups is 1. The van der Waals surface area contributed by atoms with Gasteiger partial charge in [0, 0.05) is 10.7 Å². The van der Waals surface area contributed by atoms with E-state index in [1.807, 2.05) is 30.3 Å². The van der Waals surface area contributed by atoms with Gasteiger partial charge in [-0.2, -0.15) is 0 Å². The van der Waals surface area contributed by atoms with Gasteiger partial charge in [-0.15, -0.1) is 0 Å². The van der Waals surface area contributed by atoms with Crippen LogP contribution < -0.4 is 11.1 Å². The summed E-state index contributed by atoms with van der Waals surface area (Å²) in [5, 5.41) is 2.71. The van der Waals surface area contributed by atoms with Crippen LogP contribution in [0.25, 0.3) is 0 Å². The van der Waals surface area contributed by atoms with Gasteiger partial charge in [0.05, 0.1) is 4.99 Å². The molecule has 1 aromatic heterocycles. The maximum atomic E-state index is 12.3. The van der Waals surface area contributed by atoms with Gasteiger partial charge >= 0.3 is 0 Å². The molecule has 3 N–H and O–H groups in total. The highest BCUT2D eigenvalue weighted by Gasteiger charge is 2.23. The first-order chi connectivity index (χ1) is 9.58. The summed E-state index contributed by atoms with van der Waals surface area (Å²) in [5.41, 5.74) is 6.45. The van der Waals surface area contributed by atoms with E-state index in [1.165, 1.54) is 0 Å². The number of rotatable bonds is 4. The van der Waals surface area contributed by atoms with E-state index >= 15 is 0 Å². The Hall–Kier alpha value is -1.79. The number of thiocarbonyl (C=S) groups is 1. The number of pyridine rings is 1. The minimum atomic E-state index is -0.670. The largest absolute Gasteiger partial charge is 0.392 e. The van der Waals surface area contributed by atoms with E-state index in [1.54, 1.807) is 18.3 Å². The van der Waals surface area contributed by atoms with E-state index in [2.05, 4.69) is 26.2 Å². The summed E-state index contributed by atoms with van der Waals surface area (Å²) in [6, 6.07) is 12.7. The van der Waals surface area contributed by atoms with Crippen LogP contribution in [0.3, 0.4) is 0 Å². The molecule has 2 rings (SSSR count). The van der Waals surface area contributed by atoms with Gasteiger partial charge in [0.2, 0.25) is 5.91 Å². The van der Waals surface area contributed by atoms with Crippen molar-refractivity contribution in [2.45, 2.75) is 5.92 Å². The topological polar surface area (TPSA) is 68.0 Å². The van der Waals surface area contributed by atoms with E-state index in [-0.39, 0.29) is 10.9 Å². The van der Waals surface area contributed by atoms with Gasteiger partial charge in [-0.1, -0.05) is 42.5 Å². The van der Waals surface area contributed by atoms with E-state index in [4.69, 9.17) is 18.0 Å². The molecule has 0 radical (unpaired) electrons. The van der Waals surface area contributed by atoms with E-state index in [9.17, 15) is 4.79 Å². The zero-order valence-corrected chi connectivity index (χ0v) is 12.8. The molecule has 20 heavy (non-hydrogen) atoms. The van der Waals surface area contributed by atoms with Crippen molar-refractivity contribution in [3.05, 3.63) is 58.7 Å². The summed E-state index contributed by atoms with van der Waals surface area (Å²) in [6.07, 6.45) is 1.61. The van der Waals surface area contributed by atoms with Crippen molar-refractivity contribution >= 4 is 44.9 Å². The van der Waals surface area contributed by atoms with Crippen LogP contribution in [0.1, 0.15) is 11.5 Å². The lowest BCUT2D eigenvalue weighted by atomic mass is 9.98. The Morgan fingerprint density at radius 3 is 2.50 bits per heavy atom. The highest BCUT2D eigenvalue weighted by Crippen LogP contribution is 2.19. The van der Waals surface area contributed by atoms with Crippen LogP contribution in [0.15, 0.2) is 53.1 Å². The van der Waals surface area contributed by atoms with E-state index < -0.39 is 5.92 Å². The van der Waals surface area contributed by atoms with Gasteiger partial charge in [-0.3, -0.25) is 4.79 Å². The second-order valence-electron chi connectivity index (χ2n) is 4.10. The average Bonchev–Trinajstić information content (AvgIpc) is 2.42. The van der Waals surface area contributed by atoms with Crippen molar-refractivity contribution < 1.29 is 4.79 Å². The lowest BCUT2D eigenvalue weighted by Gasteiger charge is -2.15. The smallest absolute Gasteiger partial charge is 0.239 e. The second kappa shape index (κ2) is 6.58. The number of nitrogens with two attached hydrogens (primary N) is 1. The summed E-state index contributed by atoms with van der Waals surface area (Å²) >= 11 is 8.29. The molecule has 1 aromatic carbocycles. The van der Waals surface area contributed by atoms with Crippen molar-refractivity contribution in [1.82, 2.24) is 4.98 Å². The number of hydrogen-bond acceptors (Lipinski definition) is 3. The summed E-state index contributed by atoms with van der Waals surface area (Å²) < 4.78 is 0.837. The number of carbonyl (C=O) groups excluding carboxylic acids is 1. The molecule has 0 spiro atoms. The van der Waals surface area contributed by atoms with Crippen molar-refractivity contribution in [1.29, 1.82) is 0 Å². The quantitative estimate of drug-likeness (QED) is 0.832. The fourth-order valence-corrected chi connectivity index (χ4v) is 2.22. The van der Waals surface area contributed by atoms with Crippen molar-refractivity contribution in [3.63, 3.8) is 0 Å². The molecule has 0 saturated carbocycles. The first-order valence-electron chi connectivity index (χ1n) is 5.84. The molecule has 0 bridgehead atoms. The molecule has 6 heteroatoms. The molecular weight excluding hydrogens is 338 g/mol. The van der Waals surface area contributed by atoms with Crippen LogP contribution in [0.2, 0.25) is 0 Å². The van der Waals surface area contributed by atoms with Crippen LogP contribution >= 0.6 is 28.1 Å². The third kappa shape index (κ3) is 3.61. The molecule has 2 aromatic rings. The Bertz CT molecular complexity index is 616. The van der Waals surface area contributed by atoms with Gasteiger partial charge < -0.3 is 11.1 Å². The molecule has 1 amide bonds. The molecule has 102 valence electrons. The molecule has 1 heterocycles. The molecule has 1 unspecified atom stereocenters. The third-order valence-electron chi connectivity index (χ3n) is 2.66. The normalized spacial score (nSPS) is 11.7. The highest BCUT2D eigenvalue weighted by molar-refractivity contribution is 9.10. The van der Waals surface area contributed by atoms with Crippen molar-refractivity contribution in [2.75, 3.05) is 5.32 Å². The fourth-order valence-electron chi connectivity index (χ4n) is 1.74. The van der Waals surface area contributed by atoms with Crippen LogP contribution in [0, 0.1) is 0 Å². The maximum absolute atomic E-state index is 12.3. The zero-order valence-electron chi connectivity index (χ0n) is 10.4. The van der Waals surface area contributed by atoms with Crippen LogP contribution in [-0.4, -0.2) is 15.9 Å². The predicted octanol–water partition coefficient (Wildman–Crippen LogP) is 2.85. The van der Waals surface area contributed by atoms with Crippen molar-refractivity contribution in [3.8, 4) is 0 Å². The monoisotopic (exact) mass is 349 g/mol. The Kier molecular flexibility index (Phi) is 4.81. The Labute approximate surface area is 130 Å². The molecule has 0 fully saturated rings. The number of aromatic nitrogens is 1. The highest BCUT2D eigenvalue weighted by atomic mass is 79.9. The molecule has 0 aliphatic heterocycles. The first kappa shape index (κ1) is 14.6. The van der Waals surface area contributed by atoms with E-state index in [0.29, 0.717) is 5.82 Å². The number of benzene rings is 1. The fraction of sp³-hybridized carbons (Fsp3) is 0.0714. The second-order valence-corrected chi connectivity index (χ2v) is 5.48. The van der Waals surface area contributed by atoms with Crippen LogP contribution in [0.4, 0.5) is 5.82 Å². The lowest BCUT2D eigenvalue weighted by molar-refractivity contribution is -0.116. The minimum absolute atomic E-state index is 0.130. The molecule has 0 aliphatic rings. The minimum Gasteiger partial charge on any atom is -0.392 e. The zero-order chi connectivity index (χ0) is 14.5. The number of anilines is 1. The predicted molar refractivity (Wildman–Crippen MR) is 86.5 cm³/mol. The van der Waals surface area contributed by atoms with Gasteiger partial charge in [-0.25, -0.2) is 4.98 Å². The van der Waals surface area contributed by atoms with Crippen molar-refractivity contribution in [2.24, 2.45) is 5.73 Å². The Morgan fingerprint density at radius 2 is 1.95 bits per heavy atom. The summed E-state index contributed by atoms with van der Waals surface area (Å²) in [6.45, 7) is 0. The summed E-state index contributed by atoms with van der Waals surface area (Å²) in [7, 11) is 0. The van der Waals surface area contributed by atoms with Gasteiger partial charge in [-0.05, 0) is 33.6 Å². The third-order valence-corrected chi connectivity index (χ3v) is 3.36. The van der Waals surface area contributed by atoms with E-state index in [0.717, 1.165) is 10.0 Å². The van der Waals surface area contributed by atoms with Gasteiger partial charge in [0.15, 0.2) is 0 Å². The molecular formula is C14H12BrN3OS. The first-order valence-corrected chi connectivity index (χ1v) is 7.05.